The average molecular weight is 378 g/mol. The summed E-state index contributed by atoms with van der Waals surface area (Å²) >= 11 is 0. The van der Waals surface area contributed by atoms with E-state index in [1.165, 1.54) is 103 Å². The molecule has 0 unspecified atom stereocenters. The lowest BCUT2D eigenvalue weighted by atomic mass is 10.1. The van der Waals surface area contributed by atoms with Crippen LogP contribution in [0.15, 0.2) is 24.4 Å². The van der Waals surface area contributed by atoms with E-state index in [-0.39, 0.29) is 0 Å². The lowest BCUT2D eigenvalue weighted by Crippen LogP contribution is -2.20. The van der Waals surface area contributed by atoms with Gasteiger partial charge in [-0.15, -0.1) is 0 Å². The molecule has 158 valence electrons. The normalized spacial score (nSPS) is 11.6. The van der Waals surface area contributed by atoms with Crippen molar-refractivity contribution >= 4 is 6.29 Å². The Morgan fingerprint density at radius 3 is 1.33 bits per heavy atom. The highest BCUT2D eigenvalue weighted by Crippen LogP contribution is 2.11. The molecule has 2 heteroatoms. The van der Waals surface area contributed by atoms with Crippen LogP contribution < -0.4 is 0 Å². The first kappa shape index (κ1) is 26.0. The van der Waals surface area contributed by atoms with E-state index in [0.717, 1.165) is 19.4 Å². The minimum Gasteiger partial charge on any atom is -0.377 e. The molecular weight excluding hydrogens is 330 g/mol. The Labute approximate surface area is 170 Å². The molecule has 0 rings (SSSR count). The Morgan fingerprint density at radius 2 is 0.926 bits per heavy atom. The summed E-state index contributed by atoms with van der Waals surface area (Å²) in [6.07, 6.45) is 30.3. The molecule has 0 aromatic rings. The highest BCUT2D eigenvalue weighted by Gasteiger charge is 2.00. The summed E-state index contributed by atoms with van der Waals surface area (Å²) in [5, 5.41) is 0. The number of rotatable bonds is 21. The molecule has 0 spiro atoms. The molecule has 0 aromatic heterocycles. The van der Waals surface area contributed by atoms with E-state index in [0.29, 0.717) is 0 Å². The van der Waals surface area contributed by atoms with Gasteiger partial charge >= 0.3 is 0 Å². The predicted molar refractivity (Wildman–Crippen MR) is 121 cm³/mol. The van der Waals surface area contributed by atoms with Gasteiger partial charge in [0.1, 0.15) is 6.29 Å². The molecule has 0 saturated heterocycles. The van der Waals surface area contributed by atoms with Crippen LogP contribution in [0.4, 0.5) is 0 Å². The Hall–Kier alpha value is -1.05. The predicted octanol–water partition coefficient (Wildman–Crippen LogP) is 7.84. The highest BCUT2D eigenvalue weighted by molar-refractivity contribution is 5.65. The number of aldehydes is 1. The van der Waals surface area contributed by atoms with Crippen molar-refractivity contribution in [3.8, 4) is 0 Å². The van der Waals surface area contributed by atoms with Crippen LogP contribution in [-0.4, -0.2) is 24.3 Å². The molecule has 0 aromatic carbocycles. The van der Waals surface area contributed by atoms with E-state index in [9.17, 15) is 4.79 Å². The first-order chi connectivity index (χ1) is 13.3. The second kappa shape index (κ2) is 23.0. The fourth-order valence-electron chi connectivity index (χ4n) is 3.44. The summed E-state index contributed by atoms with van der Waals surface area (Å²) < 4.78 is 0. The molecule has 0 heterocycles. The number of allylic oxidation sites excluding steroid dienone is 3. The van der Waals surface area contributed by atoms with E-state index < -0.39 is 0 Å². The van der Waals surface area contributed by atoms with Crippen LogP contribution in [0.25, 0.3) is 0 Å². The number of hydrogen-bond acceptors (Lipinski definition) is 2. The van der Waals surface area contributed by atoms with Crippen LogP contribution in [0.2, 0.25) is 0 Å². The smallest absolute Gasteiger partial charge is 0.142 e. The van der Waals surface area contributed by atoms with E-state index in [2.05, 4.69) is 24.9 Å². The van der Waals surface area contributed by atoms with Crippen molar-refractivity contribution < 1.29 is 4.79 Å². The van der Waals surface area contributed by atoms with Gasteiger partial charge in [-0.25, -0.2) is 0 Å². The summed E-state index contributed by atoms with van der Waals surface area (Å²) in [5.41, 5.74) is 0. The van der Waals surface area contributed by atoms with E-state index in [1.54, 1.807) is 6.08 Å². The van der Waals surface area contributed by atoms with Crippen molar-refractivity contribution in [1.29, 1.82) is 0 Å². The molecule has 0 aliphatic heterocycles. The van der Waals surface area contributed by atoms with E-state index >= 15 is 0 Å². The van der Waals surface area contributed by atoms with Gasteiger partial charge in [0, 0.05) is 13.1 Å². The van der Waals surface area contributed by atoms with Gasteiger partial charge in [-0.2, -0.15) is 0 Å². The standard InChI is InChI=1S/C25H47NO/c1-3-5-7-9-11-13-15-18-22-26(24-20-17-21-25-27)23-19-16-14-12-10-8-6-4-2/h17,20-21,24-25H,3-16,18-19,22-23H2,1-2H3. The third kappa shape index (κ3) is 21.1. The second-order valence-corrected chi connectivity index (χ2v) is 7.85. The maximum atomic E-state index is 10.4. The molecule has 0 amide bonds. The van der Waals surface area contributed by atoms with E-state index in [1.807, 2.05) is 12.2 Å². The van der Waals surface area contributed by atoms with Crippen LogP contribution in [0.1, 0.15) is 117 Å². The second-order valence-electron chi connectivity index (χ2n) is 7.85. The Bertz CT molecular complexity index is 328. The summed E-state index contributed by atoms with van der Waals surface area (Å²) in [6, 6.07) is 0. The summed E-state index contributed by atoms with van der Waals surface area (Å²) in [7, 11) is 0. The van der Waals surface area contributed by atoms with Crippen LogP contribution in [-0.2, 0) is 4.79 Å². The first-order valence-corrected chi connectivity index (χ1v) is 11.9. The minimum absolute atomic E-state index is 0.839. The topological polar surface area (TPSA) is 20.3 Å². The molecule has 0 N–H and O–H groups in total. The maximum Gasteiger partial charge on any atom is 0.142 e. The van der Waals surface area contributed by atoms with Crippen molar-refractivity contribution in [2.24, 2.45) is 0 Å². The largest absolute Gasteiger partial charge is 0.377 e. The molecule has 0 aliphatic carbocycles. The van der Waals surface area contributed by atoms with Crippen molar-refractivity contribution in [2.75, 3.05) is 13.1 Å². The highest BCUT2D eigenvalue weighted by atomic mass is 16.1. The van der Waals surface area contributed by atoms with Crippen molar-refractivity contribution in [2.45, 2.75) is 117 Å². The van der Waals surface area contributed by atoms with Gasteiger partial charge in [-0.1, -0.05) is 110 Å². The lowest BCUT2D eigenvalue weighted by molar-refractivity contribution is -0.104. The number of carbonyl (C=O) groups is 1. The van der Waals surface area contributed by atoms with Crippen LogP contribution in [0, 0.1) is 0 Å². The van der Waals surface area contributed by atoms with Gasteiger partial charge < -0.3 is 4.90 Å². The number of hydrogen-bond donors (Lipinski definition) is 0. The molecular formula is C25H47NO. The molecule has 0 saturated carbocycles. The first-order valence-electron chi connectivity index (χ1n) is 11.9. The van der Waals surface area contributed by atoms with Crippen molar-refractivity contribution in [3.63, 3.8) is 0 Å². The monoisotopic (exact) mass is 377 g/mol. The zero-order chi connectivity index (χ0) is 19.8. The molecule has 0 aliphatic rings. The molecule has 27 heavy (non-hydrogen) atoms. The molecule has 0 radical (unpaired) electrons. The van der Waals surface area contributed by atoms with Crippen LogP contribution in [0.5, 0.6) is 0 Å². The fraction of sp³-hybridized carbons (Fsp3) is 0.800. The Kier molecular flexibility index (Phi) is 22.1. The van der Waals surface area contributed by atoms with Gasteiger partial charge in [0.15, 0.2) is 0 Å². The van der Waals surface area contributed by atoms with Crippen molar-refractivity contribution in [1.82, 2.24) is 4.90 Å². The summed E-state index contributed by atoms with van der Waals surface area (Å²) in [5.74, 6) is 0. The minimum atomic E-state index is 0.839. The third-order valence-corrected chi connectivity index (χ3v) is 5.20. The lowest BCUT2D eigenvalue weighted by Gasteiger charge is -2.20. The number of carbonyl (C=O) groups excluding carboxylic acids is 1. The van der Waals surface area contributed by atoms with Crippen LogP contribution >= 0.6 is 0 Å². The van der Waals surface area contributed by atoms with Gasteiger partial charge in [0.2, 0.25) is 0 Å². The summed E-state index contributed by atoms with van der Waals surface area (Å²) in [6.45, 7) is 6.85. The van der Waals surface area contributed by atoms with Crippen molar-refractivity contribution in [3.05, 3.63) is 24.4 Å². The SMILES string of the molecule is CCCCCCCCCCN(C=CC=CC=O)CCCCCCCCCC. The summed E-state index contributed by atoms with van der Waals surface area (Å²) in [4.78, 5) is 12.8. The molecule has 0 fully saturated rings. The zero-order valence-corrected chi connectivity index (χ0v) is 18.5. The van der Waals surface area contributed by atoms with Crippen LogP contribution in [0.3, 0.4) is 0 Å². The van der Waals surface area contributed by atoms with E-state index in [4.69, 9.17) is 0 Å². The van der Waals surface area contributed by atoms with Gasteiger partial charge in [-0.05, 0) is 31.2 Å². The number of unbranched alkanes of at least 4 members (excludes halogenated alkanes) is 14. The third-order valence-electron chi connectivity index (χ3n) is 5.20. The molecule has 2 nitrogen and oxygen atoms in total. The maximum absolute atomic E-state index is 10.4. The number of nitrogens with zero attached hydrogens (tertiary/aromatic N) is 1. The molecule has 0 atom stereocenters. The Morgan fingerprint density at radius 1 is 0.519 bits per heavy atom. The Balaban J connectivity index is 3.85. The van der Waals surface area contributed by atoms with Gasteiger partial charge in [-0.3, -0.25) is 4.79 Å². The molecule has 0 bridgehead atoms. The van der Waals surface area contributed by atoms with Gasteiger partial charge in [0.25, 0.3) is 0 Å². The van der Waals surface area contributed by atoms with Gasteiger partial charge in [0.05, 0.1) is 0 Å². The average Bonchev–Trinajstić information content (AvgIpc) is 2.68. The quantitative estimate of drug-likeness (QED) is 0.0878. The zero-order valence-electron chi connectivity index (χ0n) is 18.5. The fourth-order valence-corrected chi connectivity index (χ4v) is 3.44.